The van der Waals surface area contributed by atoms with Gasteiger partial charge in [-0.1, -0.05) is 18.5 Å². The van der Waals surface area contributed by atoms with Crippen LogP contribution in [0.4, 0.5) is 11.4 Å². The Bertz CT molecular complexity index is 570. The van der Waals surface area contributed by atoms with Crippen molar-refractivity contribution in [2.45, 2.75) is 25.8 Å². The highest BCUT2D eigenvalue weighted by atomic mass is 35.5. The van der Waals surface area contributed by atoms with E-state index >= 15 is 0 Å². The Kier molecular flexibility index (Phi) is 5.93. The van der Waals surface area contributed by atoms with E-state index in [-0.39, 0.29) is 5.69 Å². The SMILES string of the molecule is CCN1CCC[C@H]1CNC(=S)Nc1cc([N+](=O)[O-])ccc1Cl. The molecule has 1 atom stereocenters. The molecule has 120 valence electrons. The van der Waals surface area contributed by atoms with Gasteiger partial charge in [0.2, 0.25) is 0 Å². The van der Waals surface area contributed by atoms with Crippen molar-refractivity contribution in [2.75, 3.05) is 25.0 Å². The number of thiocarbonyl (C=S) groups is 1. The Morgan fingerprint density at radius 3 is 3.05 bits per heavy atom. The molecule has 6 nitrogen and oxygen atoms in total. The van der Waals surface area contributed by atoms with Crippen LogP contribution in [0.1, 0.15) is 19.8 Å². The second-order valence-corrected chi connectivity index (χ2v) is 6.00. The van der Waals surface area contributed by atoms with Gasteiger partial charge in [0.05, 0.1) is 15.6 Å². The molecule has 22 heavy (non-hydrogen) atoms. The lowest BCUT2D eigenvalue weighted by Crippen LogP contribution is -2.41. The molecule has 1 fully saturated rings. The molecule has 1 saturated heterocycles. The smallest absolute Gasteiger partial charge is 0.271 e. The number of hydrogen-bond acceptors (Lipinski definition) is 4. The molecule has 1 heterocycles. The van der Waals surface area contributed by atoms with Crippen molar-refractivity contribution in [3.63, 3.8) is 0 Å². The van der Waals surface area contributed by atoms with Gasteiger partial charge in [0.15, 0.2) is 5.11 Å². The number of rotatable bonds is 5. The van der Waals surface area contributed by atoms with Gasteiger partial charge < -0.3 is 10.6 Å². The highest BCUT2D eigenvalue weighted by Crippen LogP contribution is 2.26. The first-order valence-electron chi connectivity index (χ1n) is 7.24. The van der Waals surface area contributed by atoms with Crippen LogP contribution in [0.5, 0.6) is 0 Å². The number of nitrogens with one attached hydrogen (secondary N) is 2. The molecule has 0 spiro atoms. The summed E-state index contributed by atoms with van der Waals surface area (Å²) in [6, 6.07) is 4.71. The fourth-order valence-electron chi connectivity index (χ4n) is 2.64. The lowest BCUT2D eigenvalue weighted by Gasteiger charge is -2.23. The van der Waals surface area contributed by atoms with Gasteiger partial charge in [0.1, 0.15) is 0 Å². The maximum atomic E-state index is 10.8. The summed E-state index contributed by atoms with van der Waals surface area (Å²) in [5, 5.41) is 17.7. The molecule has 0 unspecified atom stereocenters. The van der Waals surface area contributed by atoms with Gasteiger partial charge in [-0.15, -0.1) is 0 Å². The molecule has 2 N–H and O–H groups in total. The fraction of sp³-hybridized carbons (Fsp3) is 0.500. The first-order valence-corrected chi connectivity index (χ1v) is 8.02. The monoisotopic (exact) mass is 342 g/mol. The highest BCUT2D eigenvalue weighted by molar-refractivity contribution is 7.80. The van der Waals surface area contributed by atoms with E-state index in [0.717, 1.165) is 26.1 Å². The molecule has 0 aromatic heterocycles. The van der Waals surface area contributed by atoms with Crippen LogP contribution in [-0.2, 0) is 0 Å². The Morgan fingerprint density at radius 1 is 1.59 bits per heavy atom. The summed E-state index contributed by atoms with van der Waals surface area (Å²) in [5.41, 5.74) is 0.412. The number of anilines is 1. The first-order chi connectivity index (χ1) is 10.5. The largest absolute Gasteiger partial charge is 0.361 e. The van der Waals surface area contributed by atoms with E-state index in [2.05, 4.69) is 22.5 Å². The third kappa shape index (κ3) is 4.28. The molecule has 0 aliphatic carbocycles. The Labute approximate surface area is 140 Å². The van der Waals surface area contributed by atoms with Crippen LogP contribution in [0.25, 0.3) is 0 Å². The summed E-state index contributed by atoms with van der Waals surface area (Å²) in [4.78, 5) is 12.7. The summed E-state index contributed by atoms with van der Waals surface area (Å²) < 4.78 is 0. The zero-order valence-electron chi connectivity index (χ0n) is 12.3. The topological polar surface area (TPSA) is 70.4 Å². The molecule has 2 rings (SSSR count). The zero-order chi connectivity index (χ0) is 16.1. The van der Waals surface area contributed by atoms with Crippen LogP contribution in [0.2, 0.25) is 5.02 Å². The second-order valence-electron chi connectivity index (χ2n) is 5.18. The maximum absolute atomic E-state index is 10.8. The number of benzene rings is 1. The third-order valence-corrected chi connectivity index (χ3v) is 4.39. The highest BCUT2D eigenvalue weighted by Gasteiger charge is 2.22. The second kappa shape index (κ2) is 7.71. The minimum absolute atomic E-state index is 0.0253. The van der Waals surface area contributed by atoms with E-state index in [0.29, 0.717) is 21.9 Å². The van der Waals surface area contributed by atoms with Gasteiger partial charge in [-0.25, -0.2) is 0 Å². The molecular weight excluding hydrogens is 324 g/mol. The lowest BCUT2D eigenvalue weighted by atomic mass is 10.2. The van der Waals surface area contributed by atoms with Crippen LogP contribution in [-0.4, -0.2) is 40.6 Å². The molecule has 0 bridgehead atoms. The van der Waals surface area contributed by atoms with Gasteiger partial charge in [-0.3, -0.25) is 15.0 Å². The summed E-state index contributed by atoms with van der Waals surface area (Å²) in [7, 11) is 0. The number of nitro groups is 1. The number of nitrogens with zero attached hydrogens (tertiary/aromatic N) is 2. The number of likely N-dealkylation sites (N-methyl/N-ethyl adjacent to an activating group) is 1. The Hall–Kier alpha value is -1.44. The number of non-ortho nitro benzene ring substituents is 1. The van der Waals surface area contributed by atoms with Crippen molar-refractivity contribution in [2.24, 2.45) is 0 Å². The molecule has 1 aliphatic rings. The van der Waals surface area contributed by atoms with E-state index in [1.807, 2.05) is 0 Å². The Morgan fingerprint density at radius 2 is 2.36 bits per heavy atom. The minimum Gasteiger partial charge on any atom is -0.361 e. The maximum Gasteiger partial charge on any atom is 0.271 e. The van der Waals surface area contributed by atoms with Crippen LogP contribution < -0.4 is 10.6 Å². The summed E-state index contributed by atoms with van der Waals surface area (Å²) in [5.74, 6) is 0. The zero-order valence-corrected chi connectivity index (χ0v) is 13.9. The van der Waals surface area contributed by atoms with Gasteiger partial charge >= 0.3 is 0 Å². The van der Waals surface area contributed by atoms with E-state index < -0.39 is 4.92 Å². The standard InChI is InChI=1S/C14H19ClN4O2S/c1-2-18-7-3-4-11(18)9-16-14(22)17-13-8-10(19(20)21)5-6-12(13)15/h5-6,8,11H,2-4,7,9H2,1H3,(H2,16,17,22)/t11-/m0/s1. The van der Waals surface area contributed by atoms with Gasteiger partial charge in [0.25, 0.3) is 5.69 Å². The van der Waals surface area contributed by atoms with Gasteiger partial charge in [-0.05, 0) is 44.2 Å². The molecular formula is C14H19ClN4O2S. The minimum atomic E-state index is -0.463. The summed E-state index contributed by atoms with van der Waals surface area (Å²) in [6.07, 6.45) is 2.36. The van der Waals surface area contributed by atoms with Crippen LogP contribution in [0.3, 0.4) is 0 Å². The van der Waals surface area contributed by atoms with Crippen LogP contribution in [0, 0.1) is 10.1 Å². The molecule has 1 aliphatic heterocycles. The molecule has 0 saturated carbocycles. The summed E-state index contributed by atoms with van der Waals surface area (Å²) >= 11 is 11.3. The quantitative estimate of drug-likeness (QED) is 0.487. The van der Waals surface area contributed by atoms with Gasteiger partial charge in [-0.2, -0.15) is 0 Å². The average molecular weight is 343 g/mol. The molecule has 1 aromatic carbocycles. The molecule has 1 aromatic rings. The predicted molar refractivity (Wildman–Crippen MR) is 92.6 cm³/mol. The number of halogens is 1. The van der Waals surface area contributed by atoms with Gasteiger partial charge in [0, 0.05) is 24.7 Å². The van der Waals surface area contributed by atoms with Crippen molar-refractivity contribution in [3.05, 3.63) is 33.3 Å². The van der Waals surface area contributed by atoms with E-state index in [4.69, 9.17) is 23.8 Å². The average Bonchev–Trinajstić information content (AvgIpc) is 2.94. The number of hydrogen-bond donors (Lipinski definition) is 2. The van der Waals surface area contributed by atoms with Crippen molar-refractivity contribution < 1.29 is 4.92 Å². The van der Waals surface area contributed by atoms with Crippen LogP contribution >= 0.6 is 23.8 Å². The van der Waals surface area contributed by atoms with E-state index in [1.54, 1.807) is 0 Å². The summed E-state index contributed by atoms with van der Waals surface area (Å²) in [6.45, 7) is 5.06. The predicted octanol–water partition coefficient (Wildman–Crippen LogP) is 3.02. The van der Waals surface area contributed by atoms with Crippen molar-refractivity contribution >= 4 is 40.3 Å². The van der Waals surface area contributed by atoms with Crippen molar-refractivity contribution in [1.82, 2.24) is 10.2 Å². The molecule has 0 radical (unpaired) electrons. The number of likely N-dealkylation sites (tertiary alicyclic amines) is 1. The van der Waals surface area contributed by atoms with E-state index in [1.165, 1.54) is 24.6 Å². The van der Waals surface area contributed by atoms with E-state index in [9.17, 15) is 10.1 Å². The first kappa shape index (κ1) is 16.9. The number of nitro benzene ring substituents is 1. The Balaban J connectivity index is 1.92. The van der Waals surface area contributed by atoms with Crippen molar-refractivity contribution in [1.29, 1.82) is 0 Å². The fourth-order valence-corrected chi connectivity index (χ4v) is 3.00. The molecule has 8 heteroatoms. The third-order valence-electron chi connectivity index (χ3n) is 3.81. The molecule has 0 amide bonds. The normalized spacial score (nSPS) is 18.2. The van der Waals surface area contributed by atoms with Crippen molar-refractivity contribution in [3.8, 4) is 0 Å². The van der Waals surface area contributed by atoms with Crippen LogP contribution in [0.15, 0.2) is 18.2 Å². The lowest BCUT2D eigenvalue weighted by molar-refractivity contribution is -0.384.